The Morgan fingerprint density at radius 3 is 2.52 bits per heavy atom. The van der Waals surface area contributed by atoms with Crippen molar-refractivity contribution in [3.05, 3.63) is 84.2 Å². The van der Waals surface area contributed by atoms with Crippen molar-refractivity contribution in [2.45, 2.75) is 39.0 Å². The molecular formula is C25H26N4O4. The highest BCUT2D eigenvalue weighted by molar-refractivity contribution is 6.46. The number of nitrogens with zero attached hydrogens (tertiary/aromatic N) is 4. The van der Waals surface area contributed by atoms with Gasteiger partial charge in [-0.25, -0.2) is 4.98 Å². The second kappa shape index (κ2) is 9.68. The first-order valence-corrected chi connectivity index (χ1v) is 10.9. The van der Waals surface area contributed by atoms with Crippen molar-refractivity contribution in [1.29, 1.82) is 0 Å². The molecule has 1 aromatic carbocycles. The summed E-state index contributed by atoms with van der Waals surface area (Å²) in [5.74, 6) is -0.886. The molecule has 1 aliphatic rings. The van der Waals surface area contributed by atoms with Gasteiger partial charge in [0, 0.05) is 43.4 Å². The van der Waals surface area contributed by atoms with Gasteiger partial charge in [0.25, 0.3) is 11.7 Å². The molecule has 1 amide bonds. The molecule has 1 fully saturated rings. The van der Waals surface area contributed by atoms with Crippen molar-refractivity contribution in [1.82, 2.24) is 19.4 Å². The molecule has 33 heavy (non-hydrogen) atoms. The number of hydrogen-bond donors (Lipinski definition) is 1. The Labute approximate surface area is 192 Å². The maximum absolute atomic E-state index is 13.0. The third-order valence-electron chi connectivity index (χ3n) is 5.41. The molecule has 0 aliphatic carbocycles. The Bertz CT molecular complexity index is 1140. The minimum Gasteiger partial charge on any atom is -0.507 e. The molecule has 1 aliphatic heterocycles. The summed E-state index contributed by atoms with van der Waals surface area (Å²) in [4.78, 5) is 35.7. The number of rotatable bonds is 8. The normalized spacial score (nSPS) is 17.7. The molecule has 3 heterocycles. The van der Waals surface area contributed by atoms with Crippen molar-refractivity contribution < 1.29 is 19.4 Å². The number of aliphatic hydroxyl groups excluding tert-OH is 1. The number of amides is 1. The van der Waals surface area contributed by atoms with Gasteiger partial charge in [-0.2, -0.15) is 0 Å². The lowest BCUT2D eigenvalue weighted by Crippen LogP contribution is -2.31. The summed E-state index contributed by atoms with van der Waals surface area (Å²) in [6, 6.07) is 9.66. The molecule has 4 rings (SSSR count). The van der Waals surface area contributed by atoms with Crippen LogP contribution in [0.2, 0.25) is 0 Å². The molecule has 170 valence electrons. The van der Waals surface area contributed by atoms with E-state index in [1.165, 1.54) is 4.90 Å². The fourth-order valence-corrected chi connectivity index (χ4v) is 3.96. The van der Waals surface area contributed by atoms with E-state index >= 15 is 0 Å². The summed E-state index contributed by atoms with van der Waals surface area (Å²) >= 11 is 0. The number of aromatic nitrogens is 3. The standard InChI is InChI=1S/C25H26N4O4/c1-17(2)33-20-8-6-18(7-9-20)23(30)21-22(19-5-3-10-26-15-19)29(25(32)24(21)31)13-4-12-28-14-11-27-16-28/h3,5-11,14-17,22,30H,4,12-13H2,1-2H3/b23-21+/t22-/m0/s1. The van der Waals surface area contributed by atoms with Crippen molar-refractivity contribution >= 4 is 17.4 Å². The number of likely N-dealkylation sites (tertiary alicyclic amines) is 1. The van der Waals surface area contributed by atoms with Crippen molar-refractivity contribution in [3.8, 4) is 5.75 Å². The van der Waals surface area contributed by atoms with Crippen LogP contribution >= 0.6 is 0 Å². The molecule has 0 saturated carbocycles. The zero-order valence-corrected chi connectivity index (χ0v) is 18.6. The molecule has 2 aromatic heterocycles. The van der Waals surface area contributed by atoms with E-state index < -0.39 is 17.7 Å². The summed E-state index contributed by atoms with van der Waals surface area (Å²) in [5.41, 5.74) is 1.17. The summed E-state index contributed by atoms with van der Waals surface area (Å²) in [5, 5.41) is 11.1. The molecular weight excluding hydrogens is 420 g/mol. The molecule has 8 nitrogen and oxygen atoms in total. The van der Waals surface area contributed by atoms with E-state index in [1.54, 1.807) is 61.3 Å². The van der Waals surface area contributed by atoms with Crippen LogP contribution in [0.5, 0.6) is 5.75 Å². The van der Waals surface area contributed by atoms with Crippen LogP contribution in [0.1, 0.15) is 37.4 Å². The average molecular weight is 447 g/mol. The van der Waals surface area contributed by atoms with Crippen molar-refractivity contribution in [3.63, 3.8) is 0 Å². The first-order valence-electron chi connectivity index (χ1n) is 10.9. The summed E-state index contributed by atoms with van der Waals surface area (Å²) < 4.78 is 7.57. The van der Waals surface area contributed by atoms with Crippen LogP contribution in [-0.4, -0.2) is 48.9 Å². The highest BCUT2D eigenvalue weighted by Crippen LogP contribution is 2.39. The molecule has 0 bridgehead atoms. The third-order valence-corrected chi connectivity index (χ3v) is 5.41. The van der Waals surface area contributed by atoms with Crippen molar-refractivity contribution in [2.75, 3.05) is 6.54 Å². The SMILES string of the molecule is CC(C)Oc1ccc(/C(O)=C2\C(=O)C(=O)N(CCCn3ccnc3)[C@H]2c2cccnc2)cc1. The number of aliphatic hydroxyl groups is 1. The maximum Gasteiger partial charge on any atom is 0.295 e. The quantitative estimate of drug-likeness (QED) is 0.323. The fraction of sp³-hybridized carbons (Fsp3) is 0.280. The van der Waals surface area contributed by atoms with E-state index in [2.05, 4.69) is 9.97 Å². The van der Waals surface area contributed by atoms with Crippen LogP contribution in [0.25, 0.3) is 5.76 Å². The van der Waals surface area contributed by atoms with Gasteiger partial charge in [0.2, 0.25) is 0 Å². The second-order valence-corrected chi connectivity index (χ2v) is 8.12. The van der Waals surface area contributed by atoms with Crippen LogP contribution in [0.15, 0.2) is 73.1 Å². The predicted octanol–water partition coefficient (Wildman–Crippen LogP) is 3.58. The van der Waals surface area contributed by atoms with Gasteiger partial charge in [-0.15, -0.1) is 0 Å². The Hall–Kier alpha value is -3.94. The van der Waals surface area contributed by atoms with Gasteiger partial charge in [-0.05, 0) is 56.2 Å². The van der Waals surface area contributed by atoms with Gasteiger partial charge in [0.15, 0.2) is 0 Å². The second-order valence-electron chi connectivity index (χ2n) is 8.12. The largest absolute Gasteiger partial charge is 0.507 e. The molecule has 1 saturated heterocycles. The molecule has 0 spiro atoms. The Morgan fingerprint density at radius 1 is 1.09 bits per heavy atom. The Morgan fingerprint density at radius 2 is 1.88 bits per heavy atom. The predicted molar refractivity (Wildman–Crippen MR) is 122 cm³/mol. The van der Waals surface area contributed by atoms with Crippen LogP contribution in [0, 0.1) is 0 Å². The summed E-state index contributed by atoms with van der Waals surface area (Å²) in [6.07, 6.45) is 9.14. The monoisotopic (exact) mass is 446 g/mol. The minimum absolute atomic E-state index is 0.0164. The number of ether oxygens (including phenoxy) is 1. The van der Waals surface area contributed by atoms with Crippen LogP contribution in [0.4, 0.5) is 0 Å². The number of carbonyl (C=O) groups is 2. The zero-order chi connectivity index (χ0) is 23.4. The third kappa shape index (κ3) is 4.79. The maximum atomic E-state index is 13.0. The number of pyridine rings is 1. The number of hydrogen-bond acceptors (Lipinski definition) is 6. The lowest BCUT2D eigenvalue weighted by molar-refractivity contribution is -0.139. The molecule has 0 radical (unpaired) electrons. The van der Waals surface area contributed by atoms with Gasteiger partial charge in [-0.3, -0.25) is 14.6 Å². The smallest absolute Gasteiger partial charge is 0.295 e. The molecule has 0 unspecified atom stereocenters. The fourth-order valence-electron chi connectivity index (χ4n) is 3.96. The van der Waals surface area contributed by atoms with Crippen LogP contribution in [0.3, 0.4) is 0 Å². The minimum atomic E-state index is -0.715. The number of benzene rings is 1. The van der Waals surface area contributed by atoms with E-state index in [0.29, 0.717) is 36.4 Å². The average Bonchev–Trinajstić information content (AvgIpc) is 3.41. The van der Waals surface area contributed by atoms with Gasteiger partial charge < -0.3 is 19.3 Å². The summed E-state index contributed by atoms with van der Waals surface area (Å²) in [7, 11) is 0. The van der Waals surface area contributed by atoms with Gasteiger partial charge in [-0.1, -0.05) is 6.07 Å². The number of aryl methyl sites for hydroxylation is 1. The van der Waals surface area contributed by atoms with E-state index in [0.717, 1.165) is 0 Å². The van der Waals surface area contributed by atoms with Gasteiger partial charge >= 0.3 is 0 Å². The molecule has 3 aromatic rings. The lowest BCUT2D eigenvalue weighted by atomic mass is 9.96. The summed E-state index contributed by atoms with van der Waals surface area (Å²) in [6.45, 7) is 4.85. The number of ketones is 1. The Balaban J connectivity index is 1.67. The number of Topliss-reactive ketones (excluding diaryl/α,β-unsaturated/α-hetero) is 1. The van der Waals surface area contributed by atoms with Crippen LogP contribution < -0.4 is 4.74 Å². The molecule has 1 atom stereocenters. The first-order chi connectivity index (χ1) is 16.0. The number of imidazole rings is 1. The highest BCUT2D eigenvalue weighted by atomic mass is 16.5. The molecule has 1 N–H and O–H groups in total. The topological polar surface area (TPSA) is 97.6 Å². The van der Waals surface area contributed by atoms with E-state index in [4.69, 9.17) is 4.74 Å². The van der Waals surface area contributed by atoms with E-state index in [9.17, 15) is 14.7 Å². The van der Waals surface area contributed by atoms with Gasteiger partial charge in [0.1, 0.15) is 11.5 Å². The highest BCUT2D eigenvalue weighted by Gasteiger charge is 2.45. The van der Waals surface area contributed by atoms with E-state index in [-0.39, 0.29) is 17.4 Å². The Kier molecular flexibility index (Phi) is 6.53. The van der Waals surface area contributed by atoms with Crippen molar-refractivity contribution in [2.24, 2.45) is 0 Å². The lowest BCUT2D eigenvalue weighted by Gasteiger charge is -2.25. The number of carbonyl (C=O) groups excluding carboxylic acids is 2. The van der Waals surface area contributed by atoms with Gasteiger partial charge in [0.05, 0.1) is 24.0 Å². The first kappa shape index (κ1) is 22.3. The van der Waals surface area contributed by atoms with E-state index in [1.807, 2.05) is 24.6 Å². The molecule has 8 heteroatoms. The van der Waals surface area contributed by atoms with Crippen LogP contribution in [-0.2, 0) is 16.1 Å². The zero-order valence-electron chi connectivity index (χ0n) is 18.6.